The van der Waals surface area contributed by atoms with Crippen molar-refractivity contribution in [2.75, 3.05) is 19.8 Å². The predicted molar refractivity (Wildman–Crippen MR) is 214 cm³/mol. The van der Waals surface area contributed by atoms with E-state index in [1.54, 1.807) is 0 Å². The lowest BCUT2D eigenvalue weighted by Gasteiger charge is -2.61. The van der Waals surface area contributed by atoms with Crippen LogP contribution in [0.5, 0.6) is 0 Å². The molecule has 5 heterocycles. The smallest absolute Gasteiger partial charge is 0.187 e. The third kappa shape index (κ3) is 7.49. The van der Waals surface area contributed by atoms with E-state index in [4.69, 9.17) is 37.9 Å². The van der Waals surface area contributed by atoms with Gasteiger partial charge in [0.25, 0.3) is 0 Å². The van der Waals surface area contributed by atoms with E-state index in [1.165, 1.54) is 6.92 Å². The second kappa shape index (κ2) is 17.3. The summed E-state index contributed by atoms with van der Waals surface area (Å²) >= 11 is 0. The zero-order chi connectivity index (χ0) is 44.2. The van der Waals surface area contributed by atoms with Crippen LogP contribution in [0, 0.1) is 46.3 Å². The summed E-state index contributed by atoms with van der Waals surface area (Å²) < 4.78 is 49.9. The monoisotopic (exact) mass is 884 g/mol. The molecule has 17 nitrogen and oxygen atoms in total. The molecule has 26 unspecified atom stereocenters. The maximum absolute atomic E-state index is 12.0. The minimum absolute atomic E-state index is 0.0875. The Kier molecular flexibility index (Phi) is 12.9. The van der Waals surface area contributed by atoms with Gasteiger partial charge >= 0.3 is 0 Å². The average Bonchev–Trinajstić information content (AvgIpc) is 3.70. The van der Waals surface area contributed by atoms with Crippen LogP contribution in [0.25, 0.3) is 0 Å². The average molecular weight is 885 g/mol. The highest BCUT2D eigenvalue weighted by molar-refractivity contribution is 5.16. The summed E-state index contributed by atoms with van der Waals surface area (Å²) in [5, 5.41) is 95.9. The first-order valence-corrected chi connectivity index (χ1v) is 23.3. The van der Waals surface area contributed by atoms with Gasteiger partial charge in [-0.05, 0) is 105 Å². The van der Waals surface area contributed by atoms with Gasteiger partial charge in [0.05, 0.1) is 38.1 Å². The van der Waals surface area contributed by atoms with Crippen molar-refractivity contribution >= 4 is 0 Å². The molecule has 0 aromatic heterocycles. The molecule has 4 aliphatic carbocycles. The van der Waals surface area contributed by atoms with Crippen LogP contribution in [0.3, 0.4) is 0 Å². The Morgan fingerprint density at radius 2 is 1.31 bits per heavy atom. The van der Waals surface area contributed by atoms with Crippen molar-refractivity contribution in [3.05, 3.63) is 12.2 Å². The highest BCUT2D eigenvalue weighted by Gasteiger charge is 2.69. The van der Waals surface area contributed by atoms with E-state index in [1.807, 2.05) is 0 Å². The number of fused-ring (bicyclic) bond motifs is 7. The third-order valence-corrected chi connectivity index (χ3v) is 18.0. The fourth-order valence-electron chi connectivity index (χ4n) is 14.5. The molecule has 0 radical (unpaired) electrons. The molecule has 9 rings (SSSR count). The van der Waals surface area contributed by atoms with E-state index < -0.39 is 111 Å². The molecule has 5 aliphatic heterocycles. The number of rotatable bonds is 8. The van der Waals surface area contributed by atoms with Gasteiger partial charge in [0.15, 0.2) is 24.7 Å². The van der Waals surface area contributed by atoms with Crippen molar-refractivity contribution in [3.8, 4) is 0 Å². The van der Waals surface area contributed by atoms with Gasteiger partial charge < -0.3 is 83.9 Å². The molecule has 62 heavy (non-hydrogen) atoms. The minimum atomic E-state index is -1.81. The maximum Gasteiger partial charge on any atom is 0.187 e. The van der Waals surface area contributed by atoms with E-state index in [9.17, 15) is 46.0 Å². The van der Waals surface area contributed by atoms with Crippen molar-refractivity contribution in [1.29, 1.82) is 0 Å². The summed E-state index contributed by atoms with van der Waals surface area (Å²) in [6.07, 6.45) is -13.2. The van der Waals surface area contributed by atoms with Gasteiger partial charge in [0.2, 0.25) is 0 Å². The molecular formula is C45H72O17. The molecular weight excluding hydrogens is 812 g/mol. The Hall–Kier alpha value is -0.940. The minimum Gasteiger partial charge on any atom is -0.394 e. The summed E-state index contributed by atoms with van der Waals surface area (Å²) in [6.45, 7) is 12.2. The summed E-state index contributed by atoms with van der Waals surface area (Å²) in [5.41, 5.74) is 1.42. The van der Waals surface area contributed by atoms with E-state index >= 15 is 0 Å². The normalized spacial score (nSPS) is 57.8. The van der Waals surface area contributed by atoms with Gasteiger partial charge in [-0.1, -0.05) is 32.9 Å². The second-order valence-electron chi connectivity index (χ2n) is 21.1. The van der Waals surface area contributed by atoms with Gasteiger partial charge in [0.1, 0.15) is 67.1 Å². The maximum atomic E-state index is 12.0. The first-order chi connectivity index (χ1) is 29.4. The van der Waals surface area contributed by atoms with Crippen LogP contribution < -0.4 is 0 Å². The molecule has 0 amide bonds. The van der Waals surface area contributed by atoms with E-state index in [0.29, 0.717) is 48.5 Å². The van der Waals surface area contributed by atoms with Gasteiger partial charge in [0, 0.05) is 12.3 Å². The highest BCUT2D eigenvalue weighted by atomic mass is 16.8. The van der Waals surface area contributed by atoms with Crippen LogP contribution in [-0.4, -0.2) is 176 Å². The van der Waals surface area contributed by atoms with Crippen LogP contribution in [0.2, 0.25) is 0 Å². The molecule has 9 aliphatic rings. The SMILES string of the molecule is C=C1CCC2(OC1)OC1CC3C4CCC5CC(OC6OC(CO)C(OC7OC(C)C(O)C(O)C7O)C(O)C6OC6OC(CO)C(O)C(O)C6O)CCC5(C)C4CCC3(C)C1C2C. The number of hydrogen-bond donors (Lipinski definition) is 9. The van der Waals surface area contributed by atoms with Gasteiger partial charge in [-0.25, -0.2) is 0 Å². The highest BCUT2D eigenvalue weighted by Crippen LogP contribution is 2.71. The molecule has 0 aromatic carbocycles. The topological polar surface area (TPSA) is 256 Å². The van der Waals surface area contributed by atoms with E-state index in [2.05, 4.69) is 27.4 Å². The lowest BCUT2D eigenvalue weighted by Crippen LogP contribution is -2.67. The van der Waals surface area contributed by atoms with E-state index in [-0.39, 0.29) is 23.0 Å². The molecule has 0 aromatic rings. The van der Waals surface area contributed by atoms with Crippen LogP contribution >= 0.6 is 0 Å². The zero-order valence-electron chi connectivity index (χ0n) is 36.5. The van der Waals surface area contributed by atoms with Crippen molar-refractivity contribution < 1.29 is 83.9 Å². The van der Waals surface area contributed by atoms with Gasteiger partial charge in [-0.3, -0.25) is 0 Å². The molecule has 26 atom stereocenters. The molecule has 0 bridgehead atoms. The van der Waals surface area contributed by atoms with Crippen LogP contribution in [-0.2, 0) is 37.9 Å². The quantitative estimate of drug-likeness (QED) is 0.117. The van der Waals surface area contributed by atoms with E-state index in [0.717, 1.165) is 63.4 Å². The molecule has 1 spiro atoms. The largest absolute Gasteiger partial charge is 0.394 e. The summed E-state index contributed by atoms with van der Waals surface area (Å²) in [6, 6.07) is 0. The Morgan fingerprint density at radius 1 is 0.645 bits per heavy atom. The first-order valence-electron chi connectivity index (χ1n) is 23.3. The number of ether oxygens (including phenoxy) is 8. The predicted octanol–water partition coefficient (Wildman–Crippen LogP) is 0.214. The summed E-state index contributed by atoms with van der Waals surface area (Å²) in [4.78, 5) is 0. The van der Waals surface area contributed by atoms with Crippen molar-refractivity contribution in [2.24, 2.45) is 46.3 Å². The first kappa shape index (κ1) is 46.2. The summed E-state index contributed by atoms with van der Waals surface area (Å²) in [5.74, 6) is 2.40. The van der Waals surface area contributed by atoms with Crippen LogP contribution in [0.15, 0.2) is 12.2 Å². The fourth-order valence-corrected chi connectivity index (χ4v) is 14.5. The van der Waals surface area contributed by atoms with Gasteiger partial charge in [-0.15, -0.1) is 0 Å². The zero-order valence-corrected chi connectivity index (χ0v) is 36.5. The lowest BCUT2D eigenvalue weighted by atomic mass is 9.44. The Bertz CT molecular complexity index is 1590. The number of hydrogen-bond acceptors (Lipinski definition) is 17. The Balaban J connectivity index is 0.903. The van der Waals surface area contributed by atoms with Gasteiger partial charge in [-0.2, -0.15) is 0 Å². The Labute approximate surface area is 363 Å². The molecule has 354 valence electrons. The molecule has 4 saturated carbocycles. The summed E-state index contributed by atoms with van der Waals surface area (Å²) in [7, 11) is 0. The fraction of sp³-hybridized carbons (Fsp3) is 0.956. The lowest BCUT2D eigenvalue weighted by molar-refractivity contribution is -0.391. The van der Waals surface area contributed by atoms with Crippen molar-refractivity contribution in [3.63, 3.8) is 0 Å². The second-order valence-corrected chi connectivity index (χ2v) is 21.1. The molecule has 9 fully saturated rings. The third-order valence-electron chi connectivity index (χ3n) is 18.0. The number of aliphatic hydroxyl groups excluding tert-OH is 9. The molecule has 9 N–H and O–H groups in total. The van der Waals surface area contributed by atoms with Crippen LogP contribution in [0.1, 0.15) is 91.9 Å². The number of aliphatic hydroxyl groups is 9. The van der Waals surface area contributed by atoms with Crippen LogP contribution in [0.4, 0.5) is 0 Å². The standard InChI is InChI=1S/C45H72O17/c1-19-8-13-45(55-18-19)20(2)30-27(62-45)15-26-24-7-6-22-14-23(9-11-43(22,4)25(24)10-12-44(26,30)5)57-42-39(61-41-36(53)34(51)32(49)28(16-46)58-41)37(54)38(29(17-47)59-42)60-40-35(52)33(50)31(48)21(3)56-40/h20-42,46-54H,1,6-18H2,2-5H3. The van der Waals surface area contributed by atoms with Crippen molar-refractivity contribution in [2.45, 2.75) is 202 Å². The Morgan fingerprint density at radius 3 is 2.00 bits per heavy atom. The molecule has 5 saturated heterocycles. The van der Waals surface area contributed by atoms with Crippen molar-refractivity contribution in [1.82, 2.24) is 0 Å². The molecule has 17 heteroatoms.